The van der Waals surface area contributed by atoms with Gasteiger partial charge in [0.05, 0.1) is 5.92 Å². The van der Waals surface area contributed by atoms with Crippen molar-refractivity contribution in [2.24, 2.45) is 11.8 Å². The highest BCUT2D eigenvalue weighted by molar-refractivity contribution is 6.18. The van der Waals surface area contributed by atoms with Crippen molar-refractivity contribution >= 4 is 23.6 Å². The van der Waals surface area contributed by atoms with E-state index in [0.29, 0.717) is 5.57 Å². The first-order valence-electron chi connectivity index (χ1n) is 7.01. The minimum absolute atomic E-state index is 0.0697. The van der Waals surface area contributed by atoms with Gasteiger partial charge in [0.15, 0.2) is 0 Å². The maximum Gasteiger partial charge on any atom is 0.257 e. The van der Waals surface area contributed by atoms with Gasteiger partial charge in [-0.1, -0.05) is 24.6 Å². The maximum atomic E-state index is 12.6. The lowest BCUT2D eigenvalue weighted by Crippen LogP contribution is -2.54. The standard InChI is InChI=1S/C15H16N2O4/c1-7-5-8(2)12-9(6-7)14(20)17(15(12)21)10-3-4-11(18)16-13(10)19/h5-6,8,10,12H,3-4H2,1-2H3,(H,16,18,19). The molecular formula is C15H16N2O4. The fraction of sp³-hybridized carbons (Fsp3) is 0.467. The summed E-state index contributed by atoms with van der Waals surface area (Å²) in [4.78, 5) is 49.2. The molecule has 1 N–H and O–H groups in total. The number of fused-ring (bicyclic) bond motifs is 1. The van der Waals surface area contributed by atoms with E-state index in [2.05, 4.69) is 5.32 Å². The highest BCUT2D eigenvalue weighted by Gasteiger charge is 2.51. The highest BCUT2D eigenvalue weighted by Crippen LogP contribution is 2.38. The molecule has 2 fully saturated rings. The van der Waals surface area contributed by atoms with Crippen LogP contribution in [0.1, 0.15) is 26.7 Å². The van der Waals surface area contributed by atoms with Crippen LogP contribution in [0.15, 0.2) is 23.3 Å². The van der Waals surface area contributed by atoms with Crippen molar-refractivity contribution < 1.29 is 19.2 Å². The van der Waals surface area contributed by atoms with Crippen molar-refractivity contribution in [3.8, 4) is 0 Å². The Kier molecular flexibility index (Phi) is 3.04. The van der Waals surface area contributed by atoms with Gasteiger partial charge in [0.25, 0.3) is 5.91 Å². The van der Waals surface area contributed by atoms with Crippen molar-refractivity contribution in [2.45, 2.75) is 32.7 Å². The summed E-state index contributed by atoms with van der Waals surface area (Å²) < 4.78 is 0. The Morgan fingerprint density at radius 1 is 1.24 bits per heavy atom. The van der Waals surface area contributed by atoms with E-state index in [1.807, 2.05) is 19.9 Å². The average Bonchev–Trinajstić information content (AvgIpc) is 2.63. The van der Waals surface area contributed by atoms with Gasteiger partial charge in [-0.25, -0.2) is 0 Å². The molecule has 3 unspecified atom stereocenters. The molecule has 3 atom stereocenters. The zero-order chi connectivity index (χ0) is 15.3. The summed E-state index contributed by atoms with van der Waals surface area (Å²) in [6.45, 7) is 3.77. The molecule has 0 radical (unpaired) electrons. The minimum Gasteiger partial charge on any atom is -0.295 e. The van der Waals surface area contributed by atoms with Crippen LogP contribution in [0.25, 0.3) is 0 Å². The molecule has 0 spiro atoms. The molecule has 0 aromatic heterocycles. The summed E-state index contributed by atoms with van der Waals surface area (Å²) in [5.41, 5.74) is 1.40. The van der Waals surface area contributed by atoms with Gasteiger partial charge in [0, 0.05) is 12.0 Å². The van der Waals surface area contributed by atoms with Crippen molar-refractivity contribution in [3.05, 3.63) is 23.3 Å². The zero-order valence-corrected chi connectivity index (χ0v) is 11.9. The van der Waals surface area contributed by atoms with Crippen molar-refractivity contribution in [1.82, 2.24) is 10.2 Å². The lowest BCUT2D eigenvalue weighted by atomic mass is 9.82. The van der Waals surface area contributed by atoms with Crippen LogP contribution in [0.4, 0.5) is 0 Å². The van der Waals surface area contributed by atoms with E-state index in [1.165, 1.54) is 0 Å². The Hall–Kier alpha value is -2.24. The molecule has 0 aromatic rings. The summed E-state index contributed by atoms with van der Waals surface area (Å²) >= 11 is 0. The number of hydrogen-bond acceptors (Lipinski definition) is 4. The summed E-state index contributed by atoms with van der Waals surface area (Å²) in [5, 5.41) is 2.19. The Labute approximate surface area is 121 Å². The SMILES string of the molecule is CC1=CC(C)C2C(=O)N(C3CCC(=O)NC3=O)C(=O)C2=C1. The number of nitrogens with one attached hydrogen (secondary N) is 1. The number of carbonyl (C=O) groups excluding carboxylic acids is 4. The third-order valence-corrected chi connectivity index (χ3v) is 4.26. The third-order valence-electron chi connectivity index (χ3n) is 4.26. The molecule has 6 heteroatoms. The van der Waals surface area contributed by atoms with Crippen molar-refractivity contribution in [2.75, 3.05) is 0 Å². The first kappa shape index (κ1) is 13.7. The molecule has 3 rings (SSSR count). The molecule has 6 nitrogen and oxygen atoms in total. The van der Waals surface area contributed by atoms with Crippen LogP contribution in [0.2, 0.25) is 0 Å². The van der Waals surface area contributed by atoms with Gasteiger partial charge in [-0.05, 0) is 19.3 Å². The monoisotopic (exact) mass is 288 g/mol. The number of likely N-dealkylation sites (tertiary alicyclic amines) is 1. The predicted molar refractivity (Wildman–Crippen MR) is 72.5 cm³/mol. The number of carbonyl (C=O) groups is 4. The molecule has 0 aromatic carbocycles. The van der Waals surface area contributed by atoms with Crippen molar-refractivity contribution in [3.63, 3.8) is 0 Å². The lowest BCUT2D eigenvalue weighted by molar-refractivity contribution is -0.151. The Bertz CT molecular complexity index is 632. The van der Waals surface area contributed by atoms with Gasteiger partial charge < -0.3 is 0 Å². The number of hydrogen-bond donors (Lipinski definition) is 1. The number of imide groups is 2. The lowest BCUT2D eigenvalue weighted by Gasteiger charge is -2.28. The largest absolute Gasteiger partial charge is 0.295 e. The molecule has 0 bridgehead atoms. The second kappa shape index (κ2) is 4.65. The van der Waals surface area contributed by atoms with Gasteiger partial charge >= 0.3 is 0 Å². The molecule has 4 amide bonds. The van der Waals surface area contributed by atoms with Crippen LogP contribution >= 0.6 is 0 Å². The van der Waals surface area contributed by atoms with E-state index in [1.54, 1.807) is 6.08 Å². The molecule has 0 saturated carbocycles. The quantitative estimate of drug-likeness (QED) is 0.703. The van der Waals surface area contributed by atoms with Crippen LogP contribution in [0.5, 0.6) is 0 Å². The molecule has 1 aliphatic carbocycles. The normalized spacial score (nSPS) is 32.7. The van der Waals surface area contributed by atoms with Gasteiger partial charge in [-0.3, -0.25) is 29.4 Å². The van der Waals surface area contributed by atoms with Gasteiger partial charge in [-0.2, -0.15) is 0 Å². The highest BCUT2D eigenvalue weighted by atomic mass is 16.2. The van der Waals surface area contributed by atoms with Gasteiger partial charge in [0.2, 0.25) is 17.7 Å². The summed E-state index contributed by atoms with van der Waals surface area (Å²) in [7, 11) is 0. The summed E-state index contributed by atoms with van der Waals surface area (Å²) in [6.07, 6.45) is 4.01. The molecule has 2 heterocycles. The second-order valence-electron chi connectivity index (χ2n) is 5.83. The van der Waals surface area contributed by atoms with E-state index in [-0.39, 0.29) is 30.6 Å². The smallest absolute Gasteiger partial charge is 0.257 e. The first-order chi connectivity index (χ1) is 9.90. The molecule has 21 heavy (non-hydrogen) atoms. The van der Waals surface area contributed by atoms with E-state index in [0.717, 1.165) is 10.5 Å². The van der Waals surface area contributed by atoms with Gasteiger partial charge in [-0.15, -0.1) is 0 Å². The summed E-state index contributed by atoms with van der Waals surface area (Å²) in [5.74, 6) is -2.25. The van der Waals surface area contributed by atoms with Crippen LogP contribution in [-0.2, 0) is 19.2 Å². The van der Waals surface area contributed by atoms with Crippen LogP contribution in [0, 0.1) is 11.8 Å². The van der Waals surface area contributed by atoms with Crippen LogP contribution < -0.4 is 5.32 Å². The second-order valence-corrected chi connectivity index (χ2v) is 5.83. The molecule has 2 saturated heterocycles. The Morgan fingerprint density at radius 3 is 2.62 bits per heavy atom. The Balaban J connectivity index is 1.94. The number of nitrogens with zero attached hydrogens (tertiary/aromatic N) is 1. The number of allylic oxidation sites excluding steroid dienone is 3. The molecule has 3 aliphatic rings. The number of amides is 4. The average molecular weight is 288 g/mol. The van der Waals surface area contributed by atoms with Crippen molar-refractivity contribution in [1.29, 1.82) is 0 Å². The van der Waals surface area contributed by atoms with E-state index in [9.17, 15) is 19.2 Å². The first-order valence-corrected chi connectivity index (χ1v) is 7.01. The van der Waals surface area contributed by atoms with E-state index < -0.39 is 23.8 Å². The molecule has 110 valence electrons. The fourth-order valence-corrected chi connectivity index (χ4v) is 3.34. The topological polar surface area (TPSA) is 83.6 Å². The number of piperidine rings is 1. The minimum atomic E-state index is -0.873. The zero-order valence-electron chi connectivity index (χ0n) is 11.9. The fourth-order valence-electron chi connectivity index (χ4n) is 3.34. The molecule has 2 aliphatic heterocycles. The molecular weight excluding hydrogens is 272 g/mol. The maximum absolute atomic E-state index is 12.6. The number of rotatable bonds is 1. The van der Waals surface area contributed by atoms with Gasteiger partial charge in [0.1, 0.15) is 6.04 Å². The summed E-state index contributed by atoms with van der Waals surface area (Å²) in [6, 6.07) is -0.873. The predicted octanol–water partition coefficient (Wildman–Crippen LogP) is 0.299. The Morgan fingerprint density at radius 2 is 1.95 bits per heavy atom. The van der Waals surface area contributed by atoms with E-state index >= 15 is 0 Å². The van der Waals surface area contributed by atoms with Crippen LogP contribution in [0.3, 0.4) is 0 Å². The van der Waals surface area contributed by atoms with Crippen LogP contribution in [-0.4, -0.2) is 34.6 Å². The van der Waals surface area contributed by atoms with E-state index in [4.69, 9.17) is 0 Å². The third kappa shape index (κ3) is 2.02.